The normalized spacial score (nSPS) is 11.8. The Morgan fingerprint density at radius 3 is 2.60 bits per heavy atom. The Balaban J connectivity index is 2.12. The van der Waals surface area contributed by atoms with E-state index < -0.39 is 40.2 Å². The van der Waals surface area contributed by atoms with Crippen molar-refractivity contribution in [2.75, 3.05) is 35.3 Å². The number of amides is 1. The monoisotopic (exact) mass is 484 g/mol. The van der Waals surface area contributed by atoms with Gasteiger partial charge in [0.05, 0.1) is 30.4 Å². The van der Waals surface area contributed by atoms with Gasteiger partial charge in [0.25, 0.3) is 0 Å². The molecule has 164 valence electrons. The molecule has 0 aliphatic rings. The van der Waals surface area contributed by atoms with Crippen LogP contribution in [0.15, 0.2) is 28.6 Å². The number of esters is 1. The summed E-state index contributed by atoms with van der Waals surface area (Å²) in [5.41, 5.74) is -1.36. The van der Waals surface area contributed by atoms with Crippen LogP contribution in [0.25, 0.3) is 0 Å². The number of rotatable bonds is 8. The first-order chi connectivity index (χ1) is 13.9. The molecule has 1 aromatic carbocycles. The number of anilines is 2. The molecule has 2 aromatic rings. The lowest BCUT2D eigenvalue weighted by atomic mass is 10.2. The largest absolute Gasteiger partial charge is 0.468 e. The summed E-state index contributed by atoms with van der Waals surface area (Å²) in [4.78, 5) is 23.4. The lowest BCUT2D eigenvalue weighted by molar-refractivity contribution is -0.138. The maximum atomic E-state index is 12.9. The predicted molar refractivity (Wildman–Crippen MR) is 105 cm³/mol. The van der Waals surface area contributed by atoms with Crippen LogP contribution in [0.2, 0.25) is 0 Å². The van der Waals surface area contributed by atoms with E-state index >= 15 is 0 Å². The summed E-state index contributed by atoms with van der Waals surface area (Å²) in [5, 5.41) is 9.81. The summed E-state index contributed by atoms with van der Waals surface area (Å²) in [5.74, 6) is -1.33. The molecule has 9 nitrogen and oxygen atoms in total. The minimum absolute atomic E-state index is 0.0174. The van der Waals surface area contributed by atoms with Gasteiger partial charge in [-0.3, -0.25) is 19.2 Å². The summed E-state index contributed by atoms with van der Waals surface area (Å²) < 4.78 is 68.3. The highest BCUT2D eigenvalue weighted by atomic mass is 32.2. The van der Waals surface area contributed by atoms with Crippen LogP contribution in [-0.2, 0) is 30.5 Å². The van der Waals surface area contributed by atoms with E-state index in [9.17, 15) is 31.2 Å². The highest BCUT2D eigenvalue weighted by Crippen LogP contribution is 2.32. The average Bonchev–Trinajstić information content (AvgIpc) is 3.10. The van der Waals surface area contributed by atoms with Crippen LogP contribution in [0.3, 0.4) is 0 Å². The van der Waals surface area contributed by atoms with Crippen molar-refractivity contribution in [1.82, 2.24) is 10.2 Å². The molecular weight excluding hydrogens is 469 g/mol. The number of aromatic nitrogens is 2. The Morgan fingerprint density at radius 2 is 2.00 bits per heavy atom. The van der Waals surface area contributed by atoms with Crippen LogP contribution in [-0.4, -0.2) is 56.2 Å². The molecule has 0 aliphatic heterocycles. The van der Waals surface area contributed by atoms with E-state index in [4.69, 9.17) is 0 Å². The van der Waals surface area contributed by atoms with Crippen molar-refractivity contribution in [3.8, 4) is 0 Å². The smallest absolute Gasteiger partial charge is 0.416 e. The quantitative estimate of drug-likeness (QED) is 0.344. The molecule has 0 saturated carbocycles. The first kappa shape index (κ1) is 23.9. The van der Waals surface area contributed by atoms with Gasteiger partial charge < -0.3 is 4.74 Å². The number of nitrogens with zero attached hydrogens (tertiary/aromatic N) is 3. The standard InChI is InChI=1S/C15H15F3N4O5S3/c1-27-12(24)8-28-14-21-20-13(29-14)19-11(23)7-22(30(2,25)26)10-5-3-4-9(6-10)15(16,17)18/h3-6H,7-8H2,1-2H3,(H,19,20,23). The first-order valence-electron chi connectivity index (χ1n) is 7.88. The van der Waals surface area contributed by atoms with Gasteiger partial charge in [-0.1, -0.05) is 29.2 Å². The number of sulfonamides is 1. The molecule has 0 spiro atoms. The van der Waals surface area contributed by atoms with Gasteiger partial charge in [-0.15, -0.1) is 10.2 Å². The molecule has 30 heavy (non-hydrogen) atoms. The van der Waals surface area contributed by atoms with Crippen molar-refractivity contribution >= 4 is 55.8 Å². The highest BCUT2D eigenvalue weighted by Gasteiger charge is 2.32. The molecule has 0 radical (unpaired) electrons. The average molecular weight is 485 g/mol. The number of nitrogens with one attached hydrogen (secondary N) is 1. The number of carbonyl (C=O) groups excluding carboxylic acids is 2. The van der Waals surface area contributed by atoms with Crippen LogP contribution >= 0.6 is 23.1 Å². The van der Waals surface area contributed by atoms with E-state index in [1.54, 1.807) is 0 Å². The van der Waals surface area contributed by atoms with Gasteiger partial charge in [0.1, 0.15) is 6.54 Å². The van der Waals surface area contributed by atoms with Crippen LogP contribution < -0.4 is 9.62 Å². The first-order valence-corrected chi connectivity index (χ1v) is 11.5. The third-order valence-corrected chi connectivity index (χ3v) is 6.43. The van der Waals surface area contributed by atoms with Gasteiger partial charge in [0.15, 0.2) is 4.34 Å². The molecule has 1 aromatic heterocycles. The van der Waals surface area contributed by atoms with Crippen molar-refractivity contribution in [2.24, 2.45) is 0 Å². The van der Waals surface area contributed by atoms with Crippen molar-refractivity contribution in [2.45, 2.75) is 10.5 Å². The second-order valence-electron chi connectivity index (χ2n) is 5.60. The molecule has 15 heteroatoms. The maximum absolute atomic E-state index is 12.9. The number of carbonyl (C=O) groups is 2. The number of alkyl halides is 3. The van der Waals surface area contributed by atoms with Crippen molar-refractivity contribution in [3.63, 3.8) is 0 Å². The second-order valence-corrected chi connectivity index (χ2v) is 9.71. The number of methoxy groups -OCH3 is 1. The third kappa shape index (κ3) is 6.84. The Kier molecular flexibility index (Phi) is 7.65. The molecule has 0 unspecified atom stereocenters. The zero-order valence-corrected chi connectivity index (χ0v) is 17.9. The van der Waals surface area contributed by atoms with Crippen LogP contribution in [0.5, 0.6) is 0 Å². The van der Waals surface area contributed by atoms with Crippen LogP contribution in [0, 0.1) is 0 Å². The lowest BCUT2D eigenvalue weighted by Crippen LogP contribution is -2.37. The molecule has 0 aliphatic carbocycles. The Labute approximate surface area is 177 Å². The molecule has 1 amide bonds. The second kappa shape index (κ2) is 9.61. The van der Waals surface area contributed by atoms with Crippen molar-refractivity contribution in [3.05, 3.63) is 29.8 Å². The van der Waals surface area contributed by atoms with E-state index in [0.29, 0.717) is 14.7 Å². The molecule has 0 fully saturated rings. The molecule has 0 saturated heterocycles. The van der Waals surface area contributed by atoms with Gasteiger partial charge in [0.2, 0.25) is 21.1 Å². The summed E-state index contributed by atoms with van der Waals surface area (Å²) in [7, 11) is -2.84. The van der Waals surface area contributed by atoms with Gasteiger partial charge in [-0.25, -0.2) is 8.42 Å². The Bertz CT molecular complexity index is 1030. The molecule has 1 N–H and O–H groups in total. The molecule has 0 atom stereocenters. The number of benzene rings is 1. The van der Waals surface area contributed by atoms with E-state index in [-0.39, 0.29) is 16.6 Å². The fourth-order valence-electron chi connectivity index (χ4n) is 2.02. The fraction of sp³-hybridized carbons (Fsp3) is 0.333. The molecule has 2 rings (SSSR count). The molecule has 1 heterocycles. The zero-order chi connectivity index (χ0) is 22.5. The Hall–Kier alpha value is -2.39. The van der Waals surface area contributed by atoms with Gasteiger partial charge >= 0.3 is 12.1 Å². The zero-order valence-electron chi connectivity index (χ0n) is 15.5. The van der Waals surface area contributed by atoms with E-state index in [0.717, 1.165) is 47.6 Å². The summed E-state index contributed by atoms with van der Waals surface area (Å²) in [6, 6.07) is 3.62. The number of ether oxygens (including phenoxy) is 1. The van der Waals surface area contributed by atoms with E-state index in [2.05, 4.69) is 20.3 Å². The van der Waals surface area contributed by atoms with Crippen LogP contribution in [0.1, 0.15) is 5.56 Å². The minimum atomic E-state index is -4.67. The number of halogens is 3. The summed E-state index contributed by atoms with van der Waals surface area (Å²) in [6.45, 7) is -0.773. The number of hydrogen-bond acceptors (Lipinski definition) is 9. The predicted octanol–water partition coefficient (Wildman–Crippen LogP) is 2.23. The maximum Gasteiger partial charge on any atom is 0.416 e. The van der Waals surface area contributed by atoms with Gasteiger partial charge in [-0.05, 0) is 18.2 Å². The summed E-state index contributed by atoms with van der Waals surface area (Å²) in [6.07, 6.45) is -3.90. The van der Waals surface area contributed by atoms with E-state index in [1.807, 2.05) is 0 Å². The topological polar surface area (TPSA) is 119 Å². The van der Waals surface area contributed by atoms with Crippen LogP contribution in [0.4, 0.5) is 24.0 Å². The Morgan fingerprint density at radius 1 is 1.30 bits per heavy atom. The molecule has 0 bridgehead atoms. The van der Waals surface area contributed by atoms with Crippen molar-refractivity contribution < 1.29 is 35.9 Å². The third-order valence-electron chi connectivity index (χ3n) is 3.34. The van der Waals surface area contributed by atoms with Crippen molar-refractivity contribution in [1.29, 1.82) is 0 Å². The van der Waals surface area contributed by atoms with E-state index in [1.165, 1.54) is 7.11 Å². The SMILES string of the molecule is COC(=O)CSc1nnc(NC(=O)CN(c2cccc(C(F)(F)F)c2)S(C)(=O)=O)s1. The minimum Gasteiger partial charge on any atom is -0.468 e. The van der Waals surface area contributed by atoms with Gasteiger partial charge in [0, 0.05) is 0 Å². The number of hydrogen-bond donors (Lipinski definition) is 1. The highest BCUT2D eigenvalue weighted by molar-refractivity contribution is 8.01. The number of thioether (sulfide) groups is 1. The fourth-order valence-corrected chi connectivity index (χ4v) is 4.47. The summed E-state index contributed by atoms with van der Waals surface area (Å²) >= 11 is 1.96. The van der Waals surface area contributed by atoms with Gasteiger partial charge in [-0.2, -0.15) is 13.2 Å². The molecular formula is C15H15F3N4O5S3. The lowest BCUT2D eigenvalue weighted by Gasteiger charge is -2.22.